The molecule has 0 spiro atoms. The first-order valence-electron chi connectivity index (χ1n) is 5.94. The van der Waals surface area contributed by atoms with Crippen molar-refractivity contribution in [1.82, 2.24) is 5.32 Å². The number of nitrogens with one attached hydrogen (secondary N) is 1. The maximum Gasteiger partial charge on any atom is 0.120 e. The summed E-state index contributed by atoms with van der Waals surface area (Å²) < 4.78 is 0. The SMILES string of the molecule is Oc1ccccc1CNC1CCCC(O)C1. The summed E-state index contributed by atoms with van der Waals surface area (Å²) in [7, 11) is 0. The minimum atomic E-state index is -0.157. The van der Waals surface area contributed by atoms with Crippen molar-refractivity contribution >= 4 is 0 Å². The van der Waals surface area contributed by atoms with Crippen molar-refractivity contribution in [3.8, 4) is 5.75 Å². The highest BCUT2D eigenvalue weighted by molar-refractivity contribution is 5.31. The van der Waals surface area contributed by atoms with E-state index < -0.39 is 0 Å². The van der Waals surface area contributed by atoms with E-state index in [0.29, 0.717) is 18.3 Å². The van der Waals surface area contributed by atoms with Gasteiger partial charge in [-0.2, -0.15) is 0 Å². The number of phenols is 1. The summed E-state index contributed by atoms with van der Waals surface area (Å²) >= 11 is 0. The first-order chi connectivity index (χ1) is 7.75. The summed E-state index contributed by atoms with van der Waals surface area (Å²) in [5.41, 5.74) is 0.919. The predicted molar refractivity (Wildman–Crippen MR) is 63.2 cm³/mol. The normalized spacial score (nSPS) is 25.6. The minimum absolute atomic E-state index is 0.157. The van der Waals surface area contributed by atoms with Crippen molar-refractivity contribution < 1.29 is 10.2 Å². The molecule has 0 aromatic heterocycles. The Hall–Kier alpha value is -1.06. The zero-order valence-electron chi connectivity index (χ0n) is 9.39. The van der Waals surface area contributed by atoms with Gasteiger partial charge in [0.25, 0.3) is 0 Å². The number of hydrogen-bond acceptors (Lipinski definition) is 3. The van der Waals surface area contributed by atoms with Gasteiger partial charge in [0.1, 0.15) is 5.75 Å². The van der Waals surface area contributed by atoms with Gasteiger partial charge >= 0.3 is 0 Å². The molecule has 0 aliphatic heterocycles. The molecule has 3 nitrogen and oxygen atoms in total. The van der Waals surface area contributed by atoms with E-state index in [0.717, 1.165) is 31.2 Å². The Bertz CT molecular complexity index is 340. The lowest BCUT2D eigenvalue weighted by Crippen LogP contribution is -2.35. The van der Waals surface area contributed by atoms with Crippen molar-refractivity contribution in [3.63, 3.8) is 0 Å². The lowest BCUT2D eigenvalue weighted by Gasteiger charge is -2.26. The van der Waals surface area contributed by atoms with Crippen molar-refractivity contribution in [2.45, 2.75) is 44.4 Å². The number of aliphatic hydroxyl groups excluding tert-OH is 1. The van der Waals surface area contributed by atoms with Gasteiger partial charge in [-0.15, -0.1) is 0 Å². The van der Waals surface area contributed by atoms with Gasteiger partial charge in [-0.05, 0) is 31.7 Å². The highest BCUT2D eigenvalue weighted by atomic mass is 16.3. The smallest absolute Gasteiger partial charge is 0.120 e. The monoisotopic (exact) mass is 221 g/mol. The molecular weight excluding hydrogens is 202 g/mol. The van der Waals surface area contributed by atoms with Gasteiger partial charge < -0.3 is 15.5 Å². The number of benzene rings is 1. The van der Waals surface area contributed by atoms with Crippen LogP contribution in [0, 0.1) is 0 Å². The standard InChI is InChI=1S/C13H19NO2/c15-12-6-3-5-11(8-12)14-9-10-4-1-2-7-13(10)16/h1-2,4,7,11-12,14-16H,3,5-6,8-9H2. The Morgan fingerprint density at radius 1 is 1.25 bits per heavy atom. The van der Waals surface area contributed by atoms with Crippen LogP contribution < -0.4 is 5.32 Å². The van der Waals surface area contributed by atoms with Crippen LogP contribution in [0.25, 0.3) is 0 Å². The molecule has 1 aromatic rings. The molecule has 3 N–H and O–H groups in total. The Kier molecular flexibility index (Phi) is 3.80. The van der Waals surface area contributed by atoms with E-state index in [1.807, 2.05) is 18.2 Å². The van der Waals surface area contributed by atoms with Crippen LogP contribution in [-0.4, -0.2) is 22.4 Å². The summed E-state index contributed by atoms with van der Waals surface area (Å²) in [6.45, 7) is 0.671. The number of aromatic hydroxyl groups is 1. The van der Waals surface area contributed by atoms with Crippen LogP contribution in [0.3, 0.4) is 0 Å². The molecule has 2 unspecified atom stereocenters. The molecule has 3 heteroatoms. The molecule has 0 amide bonds. The number of para-hydroxylation sites is 1. The van der Waals surface area contributed by atoms with Crippen LogP contribution in [0.15, 0.2) is 24.3 Å². The molecule has 0 heterocycles. The lowest BCUT2D eigenvalue weighted by molar-refractivity contribution is 0.111. The van der Waals surface area contributed by atoms with Crippen molar-refractivity contribution in [1.29, 1.82) is 0 Å². The van der Waals surface area contributed by atoms with E-state index in [1.165, 1.54) is 0 Å². The van der Waals surface area contributed by atoms with Crippen molar-refractivity contribution in [2.24, 2.45) is 0 Å². The van der Waals surface area contributed by atoms with E-state index in [-0.39, 0.29) is 6.10 Å². The average Bonchev–Trinajstić information content (AvgIpc) is 2.28. The maximum absolute atomic E-state index is 9.60. The zero-order valence-corrected chi connectivity index (χ0v) is 9.39. The van der Waals surface area contributed by atoms with Crippen LogP contribution >= 0.6 is 0 Å². The van der Waals surface area contributed by atoms with E-state index in [1.54, 1.807) is 6.07 Å². The fraction of sp³-hybridized carbons (Fsp3) is 0.538. The molecule has 1 fully saturated rings. The largest absolute Gasteiger partial charge is 0.508 e. The third kappa shape index (κ3) is 2.97. The predicted octanol–water partition coefficient (Wildman–Crippen LogP) is 1.79. The van der Waals surface area contributed by atoms with E-state index >= 15 is 0 Å². The summed E-state index contributed by atoms with van der Waals surface area (Å²) in [5.74, 6) is 0.339. The van der Waals surface area contributed by atoms with Gasteiger partial charge in [-0.1, -0.05) is 18.2 Å². The van der Waals surface area contributed by atoms with Crippen molar-refractivity contribution in [2.75, 3.05) is 0 Å². The van der Waals surface area contributed by atoms with Gasteiger partial charge in [-0.25, -0.2) is 0 Å². The number of rotatable bonds is 3. The van der Waals surface area contributed by atoms with Crippen LogP contribution in [0.1, 0.15) is 31.2 Å². The second kappa shape index (κ2) is 5.32. The Balaban J connectivity index is 1.85. The second-order valence-electron chi connectivity index (χ2n) is 4.53. The molecular formula is C13H19NO2. The fourth-order valence-corrected chi connectivity index (χ4v) is 2.26. The summed E-state index contributed by atoms with van der Waals surface area (Å²) in [6, 6.07) is 7.74. The number of hydrogen-bond donors (Lipinski definition) is 3. The quantitative estimate of drug-likeness (QED) is 0.729. The Labute approximate surface area is 96.1 Å². The molecule has 2 rings (SSSR count). The van der Waals surface area contributed by atoms with Gasteiger partial charge in [0.15, 0.2) is 0 Å². The highest BCUT2D eigenvalue weighted by Crippen LogP contribution is 2.20. The summed E-state index contributed by atoms with van der Waals surface area (Å²) in [5, 5.41) is 22.5. The Morgan fingerprint density at radius 2 is 2.06 bits per heavy atom. The second-order valence-corrected chi connectivity index (χ2v) is 4.53. The topological polar surface area (TPSA) is 52.5 Å². The fourth-order valence-electron chi connectivity index (χ4n) is 2.26. The van der Waals surface area contributed by atoms with E-state index in [4.69, 9.17) is 0 Å². The Morgan fingerprint density at radius 3 is 2.81 bits per heavy atom. The molecule has 1 aliphatic carbocycles. The van der Waals surface area contributed by atoms with Crippen LogP contribution in [0.4, 0.5) is 0 Å². The number of aliphatic hydroxyl groups is 1. The van der Waals surface area contributed by atoms with Gasteiger partial charge in [0, 0.05) is 18.2 Å². The molecule has 0 radical (unpaired) electrons. The lowest BCUT2D eigenvalue weighted by atomic mass is 9.93. The number of phenolic OH excluding ortho intramolecular Hbond substituents is 1. The minimum Gasteiger partial charge on any atom is -0.508 e. The molecule has 88 valence electrons. The van der Waals surface area contributed by atoms with Gasteiger partial charge in [-0.3, -0.25) is 0 Å². The van der Waals surface area contributed by atoms with Gasteiger partial charge in [0.05, 0.1) is 6.10 Å². The third-order valence-electron chi connectivity index (χ3n) is 3.22. The average molecular weight is 221 g/mol. The van der Waals surface area contributed by atoms with Crippen LogP contribution in [0.2, 0.25) is 0 Å². The van der Waals surface area contributed by atoms with E-state index in [9.17, 15) is 10.2 Å². The summed E-state index contributed by atoms with van der Waals surface area (Å²) in [4.78, 5) is 0. The van der Waals surface area contributed by atoms with Crippen LogP contribution in [0.5, 0.6) is 5.75 Å². The van der Waals surface area contributed by atoms with Gasteiger partial charge in [0.2, 0.25) is 0 Å². The third-order valence-corrected chi connectivity index (χ3v) is 3.22. The molecule has 16 heavy (non-hydrogen) atoms. The zero-order chi connectivity index (χ0) is 11.4. The molecule has 2 atom stereocenters. The molecule has 1 aliphatic rings. The highest BCUT2D eigenvalue weighted by Gasteiger charge is 2.19. The molecule has 0 saturated heterocycles. The van der Waals surface area contributed by atoms with Crippen LogP contribution in [-0.2, 0) is 6.54 Å². The molecule has 1 aromatic carbocycles. The summed E-state index contributed by atoms with van der Waals surface area (Å²) in [6.07, 6.45) is 3.79. The first-order valence-corrected chi connectivity index (χ1v) is 5.94. The first kappa shape index (κ1) is 11.4. The van der Waals surface area contributed by atoms with E-state index in [2.05, 4.69) is 5.32 Å². The molecule has 1 saturated carbocycles. The maximum atomic E-state index is 9.60. The van der Waals surface area contributed by atoms with Crippen molar-refractivity contribution in [3.05, 3.63) is 29.8 Å². The molecule has 0 bridgehead atoms.